The van der Waals surface area contributed by atoms with Crippen molar-refractivity contribution in [2.45, 2.75) is 6.92 Å². The molecule has 1 aromatic carbocycles. The number of rotatable bonds is 2. The van der Waals surface area contributed by atoms with Gasteiger partial charge in [-0.2, -0.15) is 0 Å². The highest BCUT2D eigenvalue weighted by molar-refractivity contribution is 14.1. The molecule has 13 heavy (non-hydrogen) atoms. The quantitative estimate of drug-likeness (QED) is 0.836. The van der Waals surface area contributed by atoms with Crippen LogP contribution in [0.1, 0.15) is 17.3 Å². The number of halogens is 2. The Morgan fingerprint density at radius 1 is 1.62 bits per heavy atom. The van der Waals surface area contributed by atoms with Gasteiger partial charge in [0.15, 0.2) is 0 Å². The number of amides is 1. The molecule has 0 fully saturated rings. The molecule has 0 radical (unpaired) electrons. The molecule has 0 saturated carbocycles. The lowest BCUT2D eigenvalue weighted by atomic mass is 10.2. The molecule has 0 saturated heterocycles. The van der Waals surface area contributed by atoms with Crippen LogP contribution in [-0.4, -0.2) is 12.5 Å². The van der Waals surface area contributed by atoms with Gasteiger partial charge < -0.3 is 5.32 Å². The summed E-state index contributed by atoms with van der Waals surface area (Å²) in [5.74, 6) is -0.0746. The van der Waals surface area contributed by atoms with Crippen LogP contribution in [0.15, 0.2) is 18.2 Å². The molecule has 0 bridgehead atoms. The molecule has 0 aliphatic rings. The molecule has 0 aliphatic carbocycles. The van der Waals surface area contributed by atoms with Crippen LogP contribution in [0.2, 0.25) is 5.02 Å². The second-order valence-corrected chi connectivity index (χ2v) is 4.08. The van der Waals surface area contributed by atoms with Gasteiger partial charge in [0.1, 0.15) is 0 Å². The van der Waals surface area contributed by atoms with Crippen LogP contribution in [0, 0.1) is 3.57 Å². The van der Waals surface area contributed by atoms with E-state index in [1.807, 2.05) is 13.0 Å². The van der Waals surface area contributed by atoms with Gasteiger partial charge in [-0.3, -0.25) is 4.79 Å². The smallest absolute Gasteiger partial charge is 0.252 e. The highest BCUT2D eigenvalue weighted by Crippen LogP contribution is 2.17. The van der Waals surface area contributed by atoms with Crippen molar-refractivity contribution in [2.24, 2.45) is 0 Å². The van der Waals surface area contributed by atoms with Gasteiger partial charge in [0.25, 0.3) is 5.91 Å². The molecule has 1 N–H and O–H groups in total. The van der Waals surface area contributed by atoms with Crippen molar-refractivity contribution in [2.75, 3.05) is 6.54 Å². The predicted octanol–water partition coefficient (Wildman–Crippen LogP) is 2.69. The minimum absolute atomic E-state index is 0.0746. The van der Waals surface area contributed by atoms with Crippen LogP contribution >= 0.6 is 34.2 Å². The Kier molecular flexibility index (Phi) is 3.99. The summed E-state index contributed by atoms with van der Waals surface area (Å²) < 4.78 is 0.910. The summed E-state index contributed by atoms with van der Waals surface area (Å²) in [7, 11) is 0. The van der Waals surface area contributed by atoms with E-state index >= 15 is 0 Å². The van der Waals surface area contributed by atoms with Crippen molar-refractivity contribution in [3.05, 3.63) is 32.4 Å². The third-order valence-electron chi connectivity index (χ3n) is 1.51. The van der Waals surface area contributed by atoms with Crippen molar-refractivity contribution in [3.8, 4) is 0 Å². The highest BCUT2D eigenvalue weighted by atomic mass is 127. The minimum atomic E-state index is -0.0746. The Balaban J connectivity index is 2.99. The number of nitrogens with one attached hydrogen (secondary N) is 1. The average molecular weight is 310 g/mol. The third-order valence-corrected chi connectivity index (χ3v) is 2.69. The van der Waals surface area contributed by atoms with Crippen molar-refractivity contribution in [1.82, 2.24) is 5.32 Å². The maximum atomic E-state index is 11.4. The summed E-state index contributed by atoms with van der Waals surface area (Å²) in [5.41, 5.74) is 0.634. The first-order valence-corrected chi connectivity index (χ1v) is 5.34. The fraction of sp³-hybridized carbons (Fsp3) is 0.222. The minimum Gasteiger partial charge on any atom is -0.352 e. The Morgan fingerprint density at radius 3 is 2.92 bits per heavy atom. The topological polar surface area (TPSA) is 29.1 Å². The fourth-order valence-corrected chi connectivity index (χ4v) is 1.68. The van der Waals surface area contributed by atoms with E-state index in [2.05, 4.69) is 27.9 Å². The van der Waals surface area contributed by atoms with Crippen molar-refractivity contribution in [1.29, 1.82) is 0 Å². The Hall–Kier alpha value is -0.290. The van der Waals surface area contributed by atoms with E-state index in [0.29, 0.717) is 17.1 Å². The Labute approximate surface area is 95.8 Å². The SMILES string of the molecule is CCNC(=O)c1cc(Cl)ccc1I. The van der Waals surface area contributed by atoms with Gasteiger partial charge in [-0.1, -0.05) is 11.6 Å². The maximum Gasteiger partial charge on any atom is 0.252 e. The van der Waals surface area contributed by atoms with Crippen LogP contribution in [0.4, 0.5) is 0 Å². The number of benzene rings is 1. The molecule has 70 valence electrons. The lowest BCUT2D eigenvalue weighted by Gasteiger charge is -2.04. The van der Waals surface area contributed by atoms with Gasteiger partial charge in [-0.25, -0.2) is 0 Å². The normalized spacial score (nSPS) is 9.77. The molecule has 1 amide bonds. The molecule has 0 unspecified atom stereocenters. The number of hydrogen-bond acceptors (Lipinski definition) is 1. The molecule has 0 heterocycles. The largest absolute Gasteiger partial charge is 0.352 e. The fourth-order valence-electron chi connectivity index (χ4n) is 0.927. The molecule has 0 aliphatic heterocycles. The molecule has 0 atom stereocenters. The van der Waals surface area contributed by atoms with E-state index in [9.17, 15) is 4.79 Å². The van der Waals surface area contributed by atoms with Crippen LogP contribution in [0.5, 0.6) is 0 Å². The van der Waals surface area contributed by atoms with E-state index < -0.39 is 0 Å². The third kappa shape index (κ3) is 2.84. The van der Waals surface area contributed by atoms with E-state index in [0.717, 1.165) is 3.57 Å². The molecule has 4 heteroatoms. The lowest BCUT2D eigenvalue weighted by molar-refractivity contribution is 0.0955. The molecular formula is C9H9ClINO. The zero-order valence-corrected chi connectivity index (χ0v) is 10.0. The number of carbonyl (C=O) groups excluding carboxylic acids is 1. The summed E-state index contributed by atoms with van der Waals surface area (Å²) in [6.45, 7) is 2.51. The lowest BCUT2D eigenvalue weighted by Crippen LogP contribution is -2.23. The zero-order valence-electron chi connectivity index (χ0n) is 7.10. The van der Waals surface area contributed by atoms with Crippen molar-refractivity contribution < 1.29 is 4.79 Å². The van der Waals surface area contributed by atoms with Crippen LogP contribution < -0.4 is 5.32 Å². The van der Waals surface area contributed by atoms with E-state index in [1.165, 1.54) is 0 Å². The molecule has 1 aromatic rings. The van der Waals surface area contributed by atoms with Crippen LogP contribution in [-0.2, 0) is 0 Å². The first-order valence-electron chi connectivity index (χ1n) is 3.88. The summed E-state index contributed by atoms with van der Waals surface area (Å²) in [5, 5.41) is 3.31. The zero-order chi connectivity index (χ0) is 9.84. The van der Waals surface area contributed by atoms with Crippen molar-refractivity contribution in [3.63, 3.8) is 0 Å². The summed E-state index contributed by atoms with van der Waals surface area (Å²) in [4.78, 5) is 11.4. The number of hydrogen-bond donors (Lipinski definition) is 1. The first kappa shape index (κ1) is 10.8. The van der Waals surface area contributed by atoms with Crippen molar-refractivity contribution >= 4 is 40.1 Å². The molecular weight excluding hydrogens is 300 g/mol. The van der Waals surface area contributed by atoms with Gasteiger partial charge in [0.2, 0.25) is 0 Å². The summed E-state index contributed by atoms with van der Waals surface area (Å²) in [6.07, 6.45) is 0. The second kappa shape index (κ2) is 4.81. The molecule has 0 spiro atoms. The number of carbonyl (C=O) groups is 1. The van der Waals surface area contributed by atoms with Crippen LogP contribution in [0.3, 0.4) is 0 Å². The standard InChI is InChI=1S/C9H9ClINO/c1-2-12-9(13)7-5-6(10)3-4-8(7)11/h3-5H,2H2,1H3,(H,12,13). The van der Waals surface area contributed by atoms with Gasteiger partial charge in [0, 0.05) is 15.1 Å². The maximum absolute atomic E-state index is 11.4. The molecule has 1 rings (SSSR count). The van der Waals surface area contributed by atoms with Gasteiger partial charge in [-0.15, -0.1) is 0 Å². The van der Waals surface area contributed by atoms with E-state index in [-0.39, 0.29) is 5.91 Å². The molecule has 2 nitrogen and oxygen atoms in total. The Bertz CT molecular complexity index is 327. The first-order chi connectivity index (χ1) is 6.15. The van der Waals surface area contributed by atoms with Gasteiger partial charge in [-0.05, 0) is 47.7 Å². The van der Waals surface area contributed by atoms with Crippen LogP contribution in [0.25, 0.3) is 0 Å². The Morgan fingerprint density at radius 2 is 2.31 bits per heavy atom. The predicted molar refractivity (Wildman–Crippen MR) is 62.2 cm³/mol. The summed E-state index contributed by atoms with van der Waals surface area (Å²) >= 11 is 7.89. The van der Waals surface area contributed by atoms with E-state index in [1.54, 1.807) is 12.1 Å². The van der Waals surface area contributed by atoms with E-state index in [4.69, 9.17) is 11.6 Å². The average Bonchev–Trinajstić information content (AvgIpc) is 2.09. The molecule has 0 aromatic heterocycles. The second-order valence-electron chi connectivity index (χ2n) is 2.48. The van der Waals surface area contributed by atoms with Gasteiger partial charge >= 0.3 is 0 Å². The monoisotopic (exact) mass is 309 g/mol. The highest BCUT2D eigenvalue weighted by Gasteiger charge is 2.08. The summed E-state index contributed by atoms with van der Waals surface area (Å²) in [6, 6.07) is 5.27. The van der Waals surface area contributed by atoms with Gasteiger partial charge in [0.05, 0.1) is 5.56 Å².